The van der Waals surface area contributed by atoms with E-state index < -0.39 is 76.4 Å². The number of thiazole rings is 1. The van der Waals surface area contributed by atoms with Crippen LogP contribution < -0.4 is 35.1 Å². The number of hydrogen-bond acceptors (Lipinski definition) is 25. The Hall–Kier alpha value is -7.15. The van der Waals surface area contributed by atoms with Crippen molar-refractivity contribution in [1.82, 2.24) is 45.3 Å². The van der Waals surface area contributed by atoms with Crippen LogP contribution in [0.2, 0.25) is 0 Å². The number of piperazine rings is 2. The van der Waals surface area contributed by atoms with Crippen molar-refractivity contribution in [2.45, 2.75) is 128 Å². The molecular weight excluding hydrogens is 1290 g/mol. The van der Waals surface area contributed by atoms with Crippen LogP contribution >= 0.6 is 30.0 Å². The molecule has 0 saturated carbocycles. The highest BCUT2D eigenvalue weighted by Gasteiger charge is 2.47. The van der Waals surface area contributed by atoms with Crippen LogP contribution in [0.25, 0.3) is 21.7 Å². The molecule has 2 bridgehead atoms. The van der Waals surface area contributed by atoms with E-state index in [1.54, 1.807) is 74.1 Å². The van der Waals surface area contributed by atoms with Gasteiger partial charge >= 0.3 is 14.0 Å². The molecule has 0 spiro atoms. The highest BCUT2D eigenvalue weighted by atomic mass is 33.1. The van der Waals surface area contributed by atoms with Crippen molar-refractivity contribution in [2.24, 2.45) is 5.92 Å². The number of likely N-dealkylation sites (tertiary alicyclic amines) is 1. The van der Waals surface area contributed by atoms with Crippen molar-refractivity contribution in [3.63, 3.8) is 0 Å². The van der Waals surface area contributed by atoms with Crippen LogP contribution in [-0.2, 0) is 37.0 Å². The highest BCUT2D eigenvalue weighted by molar-refractivity contribution is 8.72. The average Bonchev–Trinajstić information content (AvgIpc) is 1.54. The minimum Gasteiger partial charge on any atom is -0.476 e. The number of hydrogen-bond donors (Lipinski definition) is 4. The molecule has 8 atom stereocenters. The standard InChI is InChI=1S/C63H83N12O15PS3/c1-38(2)57(61(77)74-35-48(89-62(78)88-42(6)63(7,8)93-94(9,82)83)29-52(74)60(76)67-40(4)43-14-16-44(17-15-43)58-41(5)66-36-92-58)54-31-56(70-90-54)85-26-24-71-22-23-72(39(3)32-71)25-27-84-55-28-45(20-21-65-55)75-46-18-19-47(75)34-73(33-46)51-30-50(68-69-59(51)64)49-12-10-11-13-53(49)86-37-87-91(79,80)81/h10-17,20-21,28,30-31,36,38-40,42,46-48,52,57H,18-19,22-27,29,32-35,37H2,1-9H3,(H2,64,69)(H,67,76)(H2,79,80,81)/t39-,40+,42?,46?,47?,48-,52+,57-/m1/s1. The maximum Gasteiger partial charge on any atom is 0.508 e. The van der Waals surface area contributed by atoms with E-state index in [9.17, 15) is 27.4 Å². The molecule has 2 amide bonds. The number of anilines is 3. The minimum absolute atomic E-state index is 0.0261. The molecule has 10 rings (SSSR count). The molecule has 4 fully saturated rings. The lowest BCUT2D eigenvalue weighted by Crippen LogP contribution is -2.54. The van der Waals surface area contributed by atoms with Crippen LogP contribution in [0.1, 0.15) is 96.7 Å². The SMILES string of the molecule is Cc1ncsc1-c1ccc([C@H](C)NC(=O)[C@@H]2C[C@@H](OC(=O)OC(C)C(C)(C)SS(C)(=O)=O)CN2C(=O)[C@@H](c2cc(OCCN3CCN(CCOc4cc(N5C6CCC5CN(c5cc(-c7ccccc7OCOP(=O)(O)O)nnc5N)C6)ccn4)[C@H](C)C3)no2)C(C)C)cc1. The molecule has 5 N–H and O–H groups in total. The summed E-state index contributed by atoms with van der Waals surface area (Å²) in [6, 6.07) is 21.4. The molecule has 6 aromatic rings. The fourth-order valence-corrected chi connectivity index (χ4v) is 17.3. The van der Waals surface area contributed by atoms with Gasteiger partial charge in [-0.05, 0) is 112 Å². The molecule has 0 radical (unpaired) electrons. The Bertz CT molecular complexity index is 3770. The molecule has 4 aliphatic heterocycles. The Kier molecular flexibility index (Phi) is 22.1. The number of phosphoric acid groups is 1. The van der Waals surface area contributed by atoms with Crippen LogP contribution in [0.3, 0.4) is 0 Å². The van der Waals surface area contributed by atoms with Gasteiger partial charge in [0.15, 0.2) is 27.2 Å². The first kappa shape index (κ1) is 69.7. The molecule has 94 heavy (non-hydrogen) atoms. The summed E-state index contributed by atoms with van der Waals surface area (Å²) in [5, 5.41) is 15.9. The molecule has 4 aromatic heterocycles. The van der Waals surface area contributed by atoms with Crippen LogP contribution in [0.5, 0.6) is 17.5 Å². The maximum absolute atomic E-state index is 14.9. The van der Waals surface area contributed by atoms with E-state index in [-0.39, 0.29) is 54.5 Å². The van der Waals surface area contributed by atoms with Gasteiger partial charge in [-0.15, -0.1) is 21.5 Å². The number of fused-ring (bicyclic) bond motifs is 2. The van der Waals surface area contributed by atoms with Crippen molar-refractivity contribution in [1.29, 1.82) is 0 Å². The lowest BCUT2D eigenvalue weighted by atomic mass is 9.91. The van der Waals surface area contributed by atoms with Crippen LogP contribution in [0, 0.1) is 12.8 Å². The van der Waals surface area contributed by atoms with Gasteiger partial charge in [-0.2, -0.15) is 0 Å². The number of benzene rings is 2. The van der Waals surface area contributed by atoms with Gasteiger partial charge in [-0.25, -0.2) is 32.3 Å². The lowest BCUT2D eigenvalue weighted by Gasteiger charge is -2.43. The van der Waals surface area contributed by atoms with E-state index in [4.69, 9.17) is 43.7 Å². The van der Waals surface area contributed by atoms with E-state index in [0.29, 0.717) is 73.1 Å². The number of carbonyl (C=O) groups is 3. The topological polar surface area (TPSA) is 330 Å². The van der Waals surface area contributed by atoms with Crippen molar-refractivity contribution >= 4 is 74.0 Å². The van der Waals surface area contributed by atoms with E-state index in [1.165, 1.54) is 4.90 Å². The van der Waals surface area contributed by atoms with E-state index in [2.05, 4.69) is 61.7 Å². The smallest absolute Gasteiger partial charge is 0.476 e. The molecule has 0 aliphatic carbocycles. The predicted molar refractivity (Wildman–Crippen MR) is 355 cm³/mol. The number of aryl methyl sites for hydroxylation is 1. The number of pyridine rings is 1. The zero-order chi connectivity index (χ0) is 67.2. The summed E-state index contributed by atoms with van der Waals surface area (Å²) in [4.78, 5) is 81.7. The second-order valence-electron chi connectivity index (χ2n) is 25.1. The first-order valence-electron chi connectivity index (χ1n) is 31.3. The second kappa shape index (κ2) is 29.9. The number of nitrogens with two attached hydrogens (primary N) is 1. The van der Waals surface area contributed by atoms with Crippen molar-refractivity contribution in [3.05, 3.63) is 102 Å². The van der Waals surface area contributed by atoms with Gasteiger partial charge in [-0.1, -0.05) is 50.2 Å². The summed E-state index contributed by atoms with van der Waals surface area (Å²) in [5.74, 6) is -0.452. The van der Waals surface area contributed by atoms with Gasteiger partial charge < -0.3 is 63.7 Å². The Morgan fingerprint density at radius 2 is 1.63 bits per heavy atom. The zero-order valence-corrected chi connectivity index (χ0v) is 57.4. The number of carbonyl (C=O) groups excluding carboxylic acids is 3. The van der Waals surface area contributed by atoms with E-state index in [1.807, 2.05) is 70.2 Å². The summed E-state index contributed by atoms with van der Waals surface area (Å²) in [6.07, 6.45) is 1.94. The first-order valence-corrected chi connectivity index (χ1v) is 36.9. The molecule has 4 aliphatic rings. The number of nitrogens with zero attached hydrogens (tertiary/aromatic N) is 10. The predicted octanol–water partition coefficient (Wildman–Crippen LogP) is 7.91. The van der Waals surface area contributed by atoms with Gasteiger partial charge in [0.2, 0.25) is 17.7 Å². The zero-order valence-electron chi connectivity index (χ0n) is 54.1. The Labute approximate surface area is 554 Å². The Morgan fingerprint density at radius 3 is 2.32 bits per heavy atom. The lowest BCUT2D eigenvalue weighted by molar-refractivity contribution is -0.141. The number of aromatic nitrogens is 5. The molecule has 3 unspecified atom stereocenters. The summed E-state index contributed by atoms with van der Waals surface area (Å²) < 4.78 is 74.2. The Balaban J connectivity index is 0.700. The molecule has 2 aromatic carbocycles. The summed E-state index contributed by atoms with van der Waals surface area (Å²) in [7, 11) is -7.55. The van der Waals surface area contributed by atoms with Crippen molar-refractivity contribution in [2.75, 3.05) is 94.2 Å². The van der Waals surface area contributed by atoms with E-state index in [0.717, 1.165) is 71.8 Å². The quantitative estimate of drug-likeness (QED) is 0.0165. The third-order valence-corrected chi connectivity index (χ3v) is 22.3. The largest absolute Gasteiger partial charge is 0.508 e. The number of para-hydroxylation sites is 1. The average molecular weight is 1380 g/mol. The second-order valence-corrected chi connectivity index (χ2v) is 32.1. The molecule has 4 saturated heterocycles. The van der Waals surface area contributed by atoms with Gasteiger partial charge in [-0.3, -0.25) is 19.4 Å². The molecule has 27 nitrogen and oxygen atoms in total. The van der Waals surface area contributed by atoms with E-state index >= 15 is 0 Å². The third kappa shape index (κ3) is 17.5. The van der Waals surface area contributed by atoms with Crippen molar-refractivity contribution < 1.29 is 69.9 Å². The molecule has 8 heterocycles. The number of rotatable bonds is 27. The first-order chi connectivity index (χ1) is 44.7. The molecule has 508 valence electrons. The van der Waals surface area contributed by atoms with Gasteiger partial charge in [0.05, 0.1) is 44.8 Å². The maximum atomic E-state index is 14.9. The Morgan fingerprint density at radius 1 is 0.904 bits per heavy atom. The number of amides is 2. The summed E-state index contributed by atoms with van der Waals surface area (Å²) in [5.41, 5.74) is 13.9. The monoisotopic (exact) mass is 1370 g/mol. The normalized spacial score (nSPS) is 20.6. The van der Waals surface area contributed by atoms with Crippen LogP contribution in [0.4, 0.5) is 22.0 Å². The van der Waals surface area contributed by atoms with Crippen LogP contribution in [-0.4, -0.2) is 196 Å². The molecule has 31 heteroatoms. The van der Waals surface area contributed by atoms with Gasteiger partial charge in [0.25, 0.3) is 5.88 Å². The highest BCUT2D eigenvalue weighted by Crippen LogP contribution is 2.42. The minimum atomic E-state index is -4.73. The fraction of sp³-hybridized carbons (Fsp3) is 0.524. The van der Waals surface area contributed by atoms with Crippen molar-refractivity contribution in [3.8, 4) is 39.2 Å². The summed E-state index contributed by atoms with van der Waals surface area (Å²) >= 11 is 1.55. The molecular formula is C63H83N12O15PS3. The third-order valence-electron chi connectivity index (χ3n) is 17.6. The van der Waals surface area contributed by atoms with Crippen LogP contribution in [0.15, 0.2) is 89.0 Å². The number of phosphoric ester groups is 1. The van der Waals surface area contributed by atoms with Gasteiger partial charge in [0, 0.05) is 106 Å². The number of ether oxygens (including phenoxy) is 5. The van der Waals surface area contributed by atoms with Gasteiger partial charge in [0.1, 0.15) is 43.1 Å². The fourth-order valence-electron chi connectivity index (χ4n) is 12.6. The number of nitrogens with one attached hydrogen (secondary N) is 1. The summed E-state index contributed by atoms with van der Waals surface area (Å²) in [6.45, 7) is 19.7. The number of nitrogen functional groups attached to an aromatic ring is 1.